The molecule has 0 bridgehead atoms. The second-order valence-electron chi connectivity index (χ2n) is 11.4. The minimum absolute atomic E-state index is 0.278. The largest absolute Gasteiger partial charge is 0.455 e. The van der Waals surface area contributed by atoms with Crippen molar-refractivity contribution < 1.29 is 4.74 Å². The van der Waals surface area contributed by atoms with Crippen LogP contribution in [0.2, 0.25) is 0 Å². The van der Waals surface area contributed by atoms with E-state index >= 15 is 0 Å². The summed E-state index contributed by atoms with van der Waals surface area (Å²) >= 11 is 0. The van der Waals surface area contributed by atoms with Gasteiger partial charge < -0.3 is 4.74 Å². The van der Waals surface area contributed by atoms with Gasteiger partial charge in [0.25, 0.3) is 0 Å². The highest BCUT2D eigenvalue weighted by Gasteiger charge is 2.41. The van der Waals surface area contributed by atoms with Crippen LogP contribution in [-0.2, 0) is 5.41 Å². The van der Waals surface area contributed by atoms with Gasteiger partial charge in [-0.2, -0.15) is 0 Å². The van der Waals surface area contributed by atoms with Crippen LogP contribution in [0.25, 0.3) is 54.9 Å². The molecule has 1 heterocycles. The highest BCUT2D eigenvalue weighted by molar-refractivity contribution is 6.05. The van der Waals surface area contributed by atoms with Crippen molar-refractivity contribution in [2.24, 2.45) is 0 Å². The summed E-state index contributed by atoms with van der Waals surface area (Å²) in [5.41, 5.74) is 11.0. The maximum absolute atomic E-state index is 6.71. The molecular formula is C40H26O. The lowest BCUT2D eigenvalue weighted by atomic mass is 9.73. The van der Waals surface area contributed by atoms with Crippen LogP contribution in [0, 0.1) is 0 Å². The average molecular weight is 523 g/mol. The predicted octanol–water partition coefficient (Wildman–Crippen LogP) is 10.8. The molecule has 1 heteroatoms. The van der Waals surface area contributed by atoms with Gasteiger partial charge in [-0.1, -0.05) is 115 Å². The minimum Gasteiger partial charge on any atom is -0.455 e. The monoisotopic (exact) mass is 522 g/mol. The van der Waals surface area contributed by atoms with Gasteiger partial charge in [-0.3, -0.25) is 0 Å². The van der Waals surface area contributed by atoms with E-state index in [-0.39, 0.29) is 5.41 Å². The van der Waals surface area contributed by atoms with Crippen LogP contribution in [0.5, 0.6) is 11.5 Å². The normalized spacial score (nSPS) is 16.2. The SMILES string of the molecule is CC1(c2ccccc2)c2cc(-c3cccc4c3Oc3cccc5cccc-4c35)ccc2-c2cc3ccccc3cc21. The quantitative estimate of drug-likeness (QED) is 0.219. The maximum Gasteiger partial charge on any atom is 0.143 e. The zero-order valence-corrected chi connectivity index (χ0v) is 22.7. The fourth-order valence-electron chi connectivity index (χ4n) is 7.28. The molecular weight excluding hydrogens is 496 g/mol. The summed E-state index contributed by atoms with van der Waals surface area (Å²) in [6, 6.07) is 50.8. The standard InChI is InChI=1S/C40H26O/c1-40(29-14-3-2-4-15-29)35-24-28(20-21-31(35)34-22-26-10-5-6-11-27(26)23-36(34)40)30-16-9-18-33-32-17-7-12-25-13-8-19-37(38(25)32)41-39(30)33/h2-24H,1H3. The van der Waals surface area contributed by atoms with Crippen molar-refractivity contribution in [1.82, 2.24) is 0 Å². The molecule has 0 N–H and O–H groups in total. The molecule has 1 atom stereocenters. The Hall–Kier alpha value is -5.14. The second kappa shape index (κ2) is 8.19. The van der Waals surface area contributed by atoms with Gasteiger partial charge in [-0.25, -0.2) is 0 Å². The first-order valence-corrected chi connectivity index (χ1v) is 14.3. The Morgan fingerprint density at radius 1 is 0.463 bits per heavy atom. The summed E-state index contributed by atoms with van der Waals surface area (Å²) in [7, 11) is 0. The van der Waals surface area contributed by atoms with Crippen molar-refractivity contribution >= 4 is 21.5 Å². The Bertz CT molecular complexity index is 2180. The summed E-state index contributed by atoms with van der Waals surface area (Å²) in [6.45, 7) is 2.39. The molecule has 1 unspecified atom stereocenters. The number of rotatable bonds is 2. The van der Waals surface area contributed by atoms with Gasteiger partial charge in [0.1, 0.15) is 11.5 Å². The van der Waals surface area contributed by atoms with Crippen LogP contribution < -0.4 is 4.74 Å². The molecule has 0 fully saturated rings. The van der Waals surface area contributed by atoms with Crippen molar-refractivity contribution in [3.05, 3.63) is 156 Å². The lowest BCUT2D eigenvalue weighted by Gasteiger charge is -2.29. The van der Waals surface area contributed by atoms with E-state index < -0.39 is 0 Å². The maximum atomic E-state index is 6.71. The molecule has 7 aromatic rings. The van der Waals surface area contributed by atoms with Crippen LogP contribution in [-0.4, -0.2) is 0 Å². The summed E-state index contributed by atoms with van der Waals surface area (Å²) in [4.78, 5) is 0. The van der Waals surface area contributed by atoms with Gasteiger partial charge in [0.2, 0.25) is 0 Å². The third-order valence-corrected chi connectivity index (χ3v) is 9.32. The molecule has 7 aromatic carbocycles. The van der Waals surface area contributed by atoms with Crippen molar-refractivity contribution in [2.75, 3.05) is 0 Å². The second-order valence-corrected chi connectivity index (χ2v) is 11.4. The van der Waals surface area contributed by atoms with E-state index in [1.54, 1.807) is 0 Å². The fraction of sp³-hybridized carbons (Fsp3) is 0.0500. The molecule has 2 aliphatic rings. The van der Waals surface area contributed by atoms with E-state index in [1.165, 1.54) is 60.5 Å². The summed E-state index contributed by atoms with van der Waals surface area (Å²) < 4.78 is 6.71. The molecule has 0 amide bonds. The van der Waals surface area contributed by atoms with Gasteiger partial charge >= 0.3 is 0 Å². The van der Waals surface area contributed by atoms with Gasteiger partial charge in [-0.05, 0) is 86.3 Å². The zero-order chi connectivity index (χ0) is 27.1. The number of para-hydroxylation sites is 1. The molecule has 0 radical (unpaired) electrons. The van der Waals surface area contributed by atoms with E-state index in [0.717, 1.165) is 22.6 Å². The van der Waals surface area contributed by atoms with Gasteiger partial charge in [0.15, 0.2) is 0 Å². The molecule has 1 aliphatic heterocycles. The third-order valence-electron chi connectivity index (χ3n) is 9.32. The Morgan fingerprint density at radius 3 is 1.98 bits per heavy atom. The Kier molecular flexibility index (Phi) is 4.52. The van der Waals surface area contributed by atoms with Crippen LogP contribution >= 0.6 is 0 Å². The fourth-order valence-corrected chi connectivity index (χ4v) is 7.28. The van der Waals surface area contributed by atoms with Gasteiger partial charge in [0.05, 0.1) is 0 Å². The lowest BCUT2D eigenvalue weighted by Crippen LogP contribution is -2.22. The number of hydrogen-bond donors (Lipinski definition) is 0. The molecule has 0 saturated heterocycles. The van der Waals surface area contributed by atoms with Crippen molar-refractivity contribution in [3.8, 4) is 44.9 Å². The van der Waals surface area contributed by atoms with Crippen LogP contribution in [0.1, 0.15) is 23.6 Å². The Labute approximate surface area is 239 Å². The molecule has 0 saturated carbocycles. The van der Waals surface area contributed by atoms with E-state index in [4.69, 9.17) is 4.74 Å². The molecule has 9 rings (SSSR count). The molecule has 1 aliphatic carbocycles. The van der Waals surface area contributed by atoms with Gasteiger partial charge in [-0.15, -0.1) is 0 Å². The van der Waals surface area contributed by atoms with E-state index in [9.17, 15) is 0 Å². The van der Waals surface area contributed by atoms with Gasteiger partial charge in [0, 0.05) is 21.9 Å². The van der Waals surface area contributed by atoms with E-state index in [2.05, 4.69) is 146 Å². The molecule has 0 spiro atoms. The van der Waals surface area contributed by atoms with Crippen LogP contribution in [0.4, 0.5) is 0 Å². The van der Waals surface area contributed by atoms with E-state index in [1.807, 2.05) is 0 Å². The summed E-state index contributed by atoms with van der Waals surface area (Å²) in [5.74, 6) is 1.86. The van der Waals surface area contributed by atoms with Crippen molar-refractivity contribution in [2.45, 2.75) is 12.3 Å². The first-order valence-electron chi connectivity index (χ1n) is 14.3. The predicted molar refractivity (Wildman–Crippen MR) is 170 cm³/mol. The third kappa shape index (κ3) is 3.06. The smallest absolute Gasteiger partial charge is 0.143 e. The lowest BCUT2D eigenvalue weighted by molar-refractivity contribution is 0.489. The van der Waals surface area contributed by atoms with Crippen molar-refractivity contribution in [1.29, 1.82) is 0 Å². The Balaban J connectivity index is 1.29. The van der Waals surface area contributed by atoms with E-state index in [0.29, 0.717) is 0 Å². The molecule has 192 valence electrons. The molecule has 0 aromatic heterocycles. The van der Waals surface area contributed by atoms with Crippen LogP contribution in [0.15, 0.2) is 140 Å². The summed E-state index contributed by atoms with van der Waals surface area (Å²) in [6.07, 6.45) is 0. The zero-order valence-electron chi connectivity index (χ0n) is 22.7. The highest BCUT2D eigenvalue weighted by Crippen LogP contribution is 2.55. The topological polar surface area (TPSA) is 9.23 Å². The number of benzene rings is 7. The average Bonchev–Trinajstić information content (AvgIpc) is 3.28. The number of hydrogen-bond acceptors (Lipinski definition) is 1. The van der Waals surface area contributed by atoms with Crippen molar-refractivity contribution in [3.63, 3.8) is 0 Å². The first-order chi connectivity index (χ1) is 20.2. The first kappa shape index (κ1) is 22.7. The highest BCUT2D eigenvalue weighted by atomic mass is 16.5. The molecule has 1 nitrogen and oxygen atoms in total. The van der Waals surface area contributed by atoms with Crippen LogP contribution in [0.3, 0.4) is 0 Å². The number of fused-ring (bicyclic) bond motifs is 6. The minimum atomic E-state index is -0.278. The Morgan fingerprint density at radius 2 is 1.12 bits per heavy atom. The molecule has 41 heavy (non-hydrogen) atoms. The number of ether oxygens (including phenoxy) is 1. The summed E-state index contributed by atoms with van der Waals surface area (Å²) in [5, 5.41) is 4.95.